The number of aromatic carboxylic acids is 1. The Morgan fingerprint density at radius 3 is 2.41 bits per heavy atom. The van der Waals surface area contributed by atoms with Gasteiger partial charge in [-0.05, 0) is 78.6 Å². The van der Waals surface area contributed by atoms with Crippen molar-refractivity contribution in [1.82, 2.24) is 0 Å². The molecule has 1 aliphatic rings. The minimum absolute atomic E-state index is 0.0354. The Hall–Kier alpha value is -3.71. The molecule has 1 heterocycles. The molecule has 0 saturated heterocycles. The maximum absolute atomic E-state index is 13.7. The maximum atomic E-state index is 13.7. The van der Waals surface area contributed by atoms with Crippen LogP contribution in [-0.2, 0) is 11.2 Å². The van der Waals surface area contributed by atoms with Crippen LogP contribution in [0.5, 0.6) is 11.5 Å². The highest BCUT2D eigenvalue weighted by molar-refractivity contribution is 6.31. The number of carboxylic acid groups (broad SMARTS) is 1. The number of nitrogens with zero attached hydrogens (tertiary/aromatic N) is 2. The minimum Gasteiger partial charge on any atom is -0.493 e. The smallest absolute Gasteiger partial charge is 0.336 e. The molecule has 0 bridgehead atoms. The van der Waals surface area contributed by atoms with Gasteiger partial charge in [-0.15, -0.1) is 0 Å². The number of hydrogen-bond acceptors (Lipinski definition) is 5. The van der Waals surface area contributed by atoms with Crippen LogP contribution in [0.1, 0.15) is 53.4 Å². The molecule has 1 aliphatic heterocycles. The number of rotatable bonds is 8. The van der Waals surface area contributed by atoms with Crippen molar-refractivity contribution in [2.75, 3.05) is 31.0 Å². The van der Waals surface area contributed by atoms with Crippen LogP contribution in [0.3, 0.4) is 0 Å². The topological polar surface area (TPSA) is 79.3 Å². The van der Waals surface area contributed by atoms with E-state index in [0.717, 1.165) is 23.2 Å². The van der Waals surface area contributed by atoms with Crippen molar-refractivity contribution in [3.05, 3.63) is 81.9 Å². The van der Waals surface area contributed by atoms with Gasteiger partial charge in [-0.3, -0.25) is 4.79 Å². The lowest BCUT2D eigenvalue weighted by Crippen LogP contribution is -2.41. The van der Waals surface area contributed by atoms with Gasteiger partial charge in [-0.1, -0.05) is 24.6 Å². The Morgan fingerprint density at radius 2 is 1.81 bits per heavy atom. The largest absolute Gasteiger partial charge is 0.493 e. The second-order valence-electron chi connectivity index (χ2n) is 9.33. The minimum atomic E-state index is -1.12. The molecule has 2 atom stereocenters. The zero-order valence-electron chi connectivity index (χ0n) is 21.6. The van der Waals surface area contributed by atoms with Gasteiger partial charge in [0, 0.05) is 30.5 Å². The average Bonchev–Trinajstić information content (AvgIpc) is 2.87. The first-order valence-electron chi connectivity index (χ1n) is 12.1. The quantitative estimate of drug-likeness (QED) is 0.392. The molecule has 3 aromatic rings. The lowest BCUT2D eigenvalue weighted by Gasteiger charge is -2.39. The molecule has 7 nitrogen and oxygen atoms in total. The molecule has 1 N–H and O–H groups in total. The maximum Gasteiger partial charge on any atom is 0.336 e. The van der Waals surface area contributed by atoms with E-state index in [1.54, 1.807) is 24.1 Å². The molecule has 4 rings (SSSR count). The number of hydrogen-bond donors (Lipinski definition) is 1. The number of fused-ring (bicyclic) bond motifs is 1. The molecule has 8 heteroatoms. The molecule has 3 aromatic carbocycles. The van der Waals surface area contributed by atoms with Crippen molar-refractivity contribution in [2.45, 2.75) is 38.8 Å². The summed E-state index contributed by atoms with van der Waals surface area (Å²) in [5, 5.41) is 10.4. The Balaban J connectivity index is 1.97. The zero-order chi connectivity index (χ0) is 26.9. The number of benzene rings is 3. The molecule has 0 radical (unpaired) electrons. The molecule has 194 valence electrons. The van der Waals surface area contributed by atoms with Gasteiger partial charge in [0.25, 0.3) is 0 Å². The number of carboxylic acids is 1. The molecule has 2 unspecified atom stereocenters. The number of ether oxygens (including phenoxy) is 2. The van der Waals surface area contributed by atoms with Crippen LogP contribution >= 0.6 is 11.6 Å². The molecular weight excluding hydrogens is 492 g/mol. The van der Waals surface area contributed by atoms with Gasteiger partial charge in [0.15, 0.2) is 11.5 Å². The van der Waals surface area contributed by atoms with E-state index in [-0.39, 0.29) is 24.0 Å². The monoisotopic (exact) mass is 522 g/mol. The summed E-state index contributed by atoms with van der Waals surface area (Å²) in [4.78, 5) is 29.6. The summed E-state index contributed by atoms with van der Waals surface area (Å²) in [5.74, 6) is -0.198. The van der Waals surface area contributed by atoms with E-state index in [1.807, 2.05) is 69.2 Å². The molecule has 0 aromatic heterocycles. The standard InChI is InChI=1S/C29H31ClN2O5/c1-6-17(2)37-26-16-23-18(13-25(26)36-5)14-27(33)32(21-10-8-20(9-11-21)31(3)4)28(23)22-12-7-19(30)15-24(22)29(34)35/h7-13,15-17,28H,6,14H2,1-5H3,(H,34,35). The summed E-state index contributed by atoms with van der Waals surface area (Å²) in [6.45, 7) is 4.00. The number of amides is 1. The van der Waals surface area contributed by atoms with E-state index < -0.39 is 12.0 Å². The third-order valence-corrected chi connectivity index (χ3v) is 6.91. The zero-order valence-corrected chi connectivity index (χ0v) is 22.4. The second-order valence-corrected chi connectivity index (χ2v) is 9.77. The Morgan fingerprint density at radius 1 is 1.11 bits per heavy atom. The molecule has 0 spiro atoms. The predicted molar refractivity (Wildman–Crippen MR) is 146 cm³/mol. The number of anilines is 2. The van der Waals surface area contributed by atoms with Gasteiger partial charge < -0.3 is 24.4 Å². The molecule has 0 saturated carbocycles. The third kappa shape index (κ3) is 5.23. The molecule has 37 heavy (non-hydrogen) atoms. The molecule has 0 fully saturated rings. The highest BCUT2D eigenvalue weighted by atomic mass is 35.5. The fourth-order valence-corrected chi connectivity index (χ4v) is 4.74. The van der Waals surface area contributed by atoms with E-state index in [1.165, 1.54) is 6.07 Å². The third-order valence-electron chi connectivity index (χ3n) is 6.68. The van der Waals surface area contributed by atoms with Crippen LogP contribution in [0.25, 0.3) is 0 Å². The highest BCUT2D eigenvalue weighted by Gasteiger charge is 2.38. The summed E-state index contributed by atoms with van der Waals surface area (Å²) in [5.41, 5.74) is 3.68. The van der Waals surface area contributed by atoms with Crippen LogP contribution in [0.15, 0.2) is 54.6 Å². The van der Waals surface area contributed by atoms with E-state index in [2.05, 4.69) is 0 Å². The lowest BCUT2D eigenvalue weighted by atomic mass is 9.85. The fraction of sp³-hybridized carbons (Fsp3) is 0.310. The summed E-state index contributed by atoms with van der Waals surface area (Å²) in [7, 11) is 5.45. The first kappa shape index (κ1) is 26.4. The number of methoxy groups -OCH3 is 1. The van der Waals surface area contributed by atoms with Gasteiger partial charge in [-0.25, -0.2) is 4.79 Å². The number of carbonyl (C=O) groups is 2. The van der Waals surface area contributed by atoms with E-state index in [9.17, 15) is 14.7 Å². The first-order valence-corrected chi connectivity index (χ1v) is 12.5. The van der Waals surface area contributed by atoms with Gasteiger partial charge in [0.05, 0.1) is 31.2 Å². The van der Waals surface area contributed by atoms with Crippen molar-refractivity contribution in [3.63, 3.8) is 0 Å². The van der Waals surface area contributed by atoms with Crippen LogP contribution in [0.2, 0.25) is 5.02 Å². The predicted octanol–water partition coefficient (Wildman–Crippen LogP) is 5.97. The van der Waals surface area contributed by atoms with E-state index >= 15 is 0 Å². The molecule has 0 aliphatic carbocycles. The van der Waals surface area contributed by atoms with Crippen LogP contribution in [0, 0.1) is 0 Å². The Kier molecular flexibility index (Phi) is 7.64. The van der Waals surface area contributed by atoms with Gasteiger partial charge in [0.2, 0.25) is 5.91 Å². The van der Waals surface area contributed by atoms with Crippen molar-refractivity contribution in [3.8, 4) is 11.5 Å². The van der Waals surface area contributed by atoms with E-state index in [4.69, 9.17) is 21.1 Å². The van der Waals surface area contributed by atoms with Gasteiger partial charge in [0.1, 0.15) is 0 Å². The first-order chi connectivity index (χ1) is 17.6. The fourth-order valence-electron chi connectivity index (χ4n) is 4.57. The van der Waals surface area contributed by atoms with Gasteiger partial charge >= 0.3 is 5.97 Å². The lowest BCUT2D eigenvalue weighted by molar-refractivity contribution is -0.118. The van der Waals surface area contributed by atoms with Crippen molar-refractivity contribution in [2.24, 2.45) is 0 Å². The van der Waals surface area contributed by atoms with Gasteiger partial charge in [-0.2, -0.15) is 0 Å². The summed E-state index contributed by atoms with van der Waals surface area (Å²) in [6.07, 6.45) is 0.875. The van der Waals surface area contributed by atoms with Crippen LogP contribution in [-0.4, -0.2) is 44.3 Å². The van der Waals surface area contributed by atoms with Crippen molar-refractivity contribution >= 4 is 34.9 Å². The van der Waals surface area contributed by atoms with Crippen molar-refractivity contribution < 1.29 is 24.2 Å². The second kappa shape index (κ2) is 10.7. The van der Waals surface area contributed by atoms with E-state index in [0.29, 0.717) is 27.8 Å². The number of carbonyl (C=O) groups excluding carboxylic acids is 1. The van der Waals surface area contributed by atoms with Crippen LogP contribution < -0.4 is 19.3 Å². The highest BCUT2D eigenvalue weighted by Crippen LogP contribution is 2.45. The van der Waals surface area contributed by atoms with Crippen LogP contribution in [0.4, 0.5) is 11.4 Å². The molecule has 1 amide bonds. The Bertz CT molecular complexity index is 1320. The molecular formula is C29H31ClN2O5. The van der Waals surface area contributed by atoms with Crippen molar-refractivity contribution in [1.29, 1.82) is 0 Å². The summed E-state index contributed by atoms with van der Waals surface area (Å²) < 4.78 is 11.8. The SMILES string of the molecule is CCC(C)Oc1cc2c(cc1OC)CC(=O)N(c1ccc(N(C)C)cc1)C2c1ccc(Cl)cc1C(=O)O. The Labute approximate surface area is 222 Å². The summed E-state index contributed by atoms with van der Waals surface area (Å²) in [6, 6.07) is 15.3. The average molecular weight is 523 g/mol. The number of halogens is 1. The normalized spacial score (nSPS) is 15.7. The summed E-state index contributed by atoms with van der Waals surface area (Å²) >= 11 is 6.18.